The smallest absolute Gasteiger partial charge is 0.160 e. The molecule has 0 aromatic rings. The van der Waals surface area contributed by atoms with Crippen molar-refractivity contribution in [2.24, 2.45) is 0 Å². The first kappa shape index (κ1) is 13.5. The average molecular weight is 272 g/mol. The van der Waals surface area contributed by atoms with Crippen molar-refractivity contribution in [2.75, 3.05) is 13.1 Å². The number of ether oxygens (including phenoxy) is 2. The molecule has 0 amide bonds. The third kappa shape index (κ3) is 2.98. The lowest BCUT2D eigenvalue weighted by molar-refractivity contribution is 0.149. The van der Waals surface area contributed by atoms with Gasteiger partial charge in [0.05, 0.1) is 6.04 Å². The monoisotopic (exact) mass is 272 g/mol. The molecule has 2 aliphatic heterocycles. The SMILES string of the molecule is C[C]1CCCN(C(C2=CC=CCC2)C2=COC=CO2)C1. The number of rotatable bonds is 3. The van der Waals surface area contributed by atoms with Crippen molar-refractivity contribution >= 4 is 0 Å². The van der Waals surface area contributed by atoms with Gasteiger partial charge in [0.15, 0.2) is 5.76 Å². The Kier molecular flexibility index (Phi) is 4.26. The highest BCUT2D eigenvalue weighted by atomic mass is 16.5. The van der Waals surface area contributed by atoms with Gasteiger partial charge in [-0.15, -0.1) is 0 Å². The van der Waals surface area contributed by atoms with Crippen LogP contribution in [0.3, 0.4) is 0 Å². The first-order chi connectivity index (χ1) is 9.84. The van der Waals surface area contributed by atoms with Crippen molar-refractivity contribution < 1.29 is 9.47 Å². The highest BCUT2D eigenvalue weighted by molar-refractivity contribution is 5.30. The molecule has 0 spiro atoms. The van der Waals surface area contributed by atoms with E-state index in [0.717, 1.165) is 31.7 Å². The van der Waals surface area contributed by atoms with E-state index in [0.29, 0.717) is 0 Å². The standard InChI is InChI=1S/C17H22NO2/c1-14-6-5-9-18(12-14)17(15-7-3-2-4-8-15)16-13-19-10-11-20-16/h2-3,7,10-11,13,17H,4-6,8-9,12H2,1H3. The lowest BCUT2D eigenvalue weighted by Gasteiger charge is -2.39. The van der Waals surface area contributed by atoms with E-state index in [1.165, 1.54) is 18.4 Å². The molecule has 1 atom stereocenters. The van der Waals surface area contributed by atoms with Gasteiger partial charge >= 0.3 is 0 Å². The Hall–Kier alpha value is -1.48. The molecule has 3 heteroatoms. The number of nitrogens with zero attached hydrogens (tertiary/aromatic N) is 1. The van der Waals surface area contributed by atoms with Crippen LogP contribution < -0.4 is 0 Å². The molecule has 1 radical (unpaired) electrons. The van der Waals surface area contributed by atoms with Crippen molar-refractivity contribution in [3.8, 4) is 0 Å². The summed E-state index contributed by atoms with van der Waals surface area (Å²) in [6.07, 6.45) is 16.3. The number of hydrogen-bond donors (Lipinski definition) is 0. The Labute approximate surface area is 121 Å². The fourth-order valence-electron chi connectivity index (χ4n) is 3.16. The molecule has 1 aliphatic carbocycles. The van der Waals surface area contributed by atoms with Crippen LogP contribution in [-0.2, 0) is 9.47 Å². The molecule has 0 saturated carbocycles. The number of likely N-dealkylation sites (tertiary alicyclic amines) is 1. The van der Waals surface area contributed by atoms with E-state index in [-0.39, 0.29) is 6.04 Å². The van der Waals surface area contributed by atoms with E-state index >= 15 is 0 Å². The average Bonchev–Trinajstić information content (AvgIpc) is 2.50. The molecule has 0 aromatic carbocycles. The van der Waals surface area contributed by atoms with Crippen molar-refractivity contribution in [2.45, 2.75) is 38.6 Å². The van der Waals surface area contributed by atoms with Crippen LogP contribution in [0.25, 0.3) is 0 Å². The second-order valence-electron chi connectivity index (χ2n) is 5.69. The van der Waals surface area contributed by atoms with Crippen LogP contribution in [0, 0.1) is 5.92 Å². The molecule has 1 fully saturated rings. The number of hydrogen-bond acceptors (Lipinski definition) is 3. The Bertz CT molecular complexity index is 462. The molecule has 1 unspecified atom stereocenters. The zero-order valence-corrected chi connectivity index (χ0v) is 12.0. The summed E-state index contributed by atoms with van der Waals surface area (Å²) in [6, 6.07) is 0.208. The Balaban J connectivity index is 1.84. The molecule has 0 N–H and O–H groups in total. The normalized spacial score (nSPS) is 25.4. The van der Waals surface area contributed by atoms with Crippen molar-refractivity contribution in [1.82, 2.24) is 4.90 Å². The number of piperidine rings is 1. The van der Waals surface area contributed by atoms with Crippen LogP contribution in [0.5, 0.6) is 0 Å². The summed E-state index contributed by atoms with van der Waals surface area (Å²) in [5.41, 5.74) is 1.42. The minimum Gasteiger partial charge on any atom is -0.466 e. The molecule has 107 valence electrons. The van der Waals surface area contributed by atoms with E-state index in [1.54, 1.807) is 24.7 Å². The molecule has 3 rings (SSSR count). The predicted octanol–water partition coefficient (Wildman–Crippen LogP) is 3.68. The van der Waals surface area contributed by atoms with E-state index in [2.05, 4.69) is 30.1 Å². The topological polar surface area (TPSA) is 21.7 Å². The molecular weight excluding hydrogens is 250 g/mol. The van der Waals surface area contributed by atoms with Crippen LogP contribution in [-0.4, -0.2) is 24.0 Å². The fourth-order valence-corrected chi connectivity index (χ4v) is 3.16. The van der Waals surface area contributed by atoms with Crippen LogP contribution in [0.1, 0.15) is 32.6 Å². The first-order valence-corrected chi connectivity index (χ1v) is 7.43. The lowest BCUT2D eigenvalue weighted by atomic mass is 9.91. The van der Waals surface area contributed by atoms with Gasteiger partial charge in [-0.1, -0.05) is 25.2 Å². The zero-order chi connectivity index (χ0) is 13.8. The maximum Gasteiger partial charge on any atom is 0.160 e. The fraction of sp³-hybridized carbons (Fsp3) is 0.471. The number of allylic oxidation sites excluding steroid dienone is 3. The second kappa shape index (κ2) is 6.31. The molecule has 0 aromatic heterocycles. The van der Waals surface area contributed by atoms with Gasteiger partial charge in [-0.05, 0) is 43.7 Å². The van der Waals surface area contributed by atoms with Crippen LogP contribution in [0.15, 0.2) is 48.3 Å². The highest BCUT2D eigenvalue weighted by Gasteiger charge is 2.31. The van der Waals surface area contributed by atoms with E-state index < -0.39 is 0 Å². The van der Waals surface area contributed by atoms with Gasteiger partial charge < -0.3 is 9.47 Å². The second-order valence-corrected chi connectivity index (χ2v) is 5.69. The summed E-state index contributed by atoms with van der Waals surface area (Å²) < 4.78 is 11.0. The molecule has 2 heterocycles. The maximum atomic E-state index is 5.72. The molecule has 20 heavy (non-hydrogen) atoms. The van der Waals surface area contributed by atoms with Gasteiger partial charge in [-0.2, -0.15) is 0 Å². The van der Waals surface area contributed by atoms with Gasteiger partial charge in [0.25, 0.3) is 0 Å². The molecule has 3 aliphatic rings. The van der Waals surface area contributed by atoms with Gasteiger partial charge in [0.1, 0.15) is 18.8 Å². The van der Waals surface area contributed by atoms with E-state index in [1.807, 2.05) is 0 Å². The summed E-state index contributed by atoms with van der Waals surface area (Å²) in [5.74, 6) is 2.46. The Morgan fingerprint density at radius 2 is 2.20 bits per heavy atom. The van der Waals surface area contributed by atoms with Gasteiger partial charge in [0.2, 0.25) is 0 Å². The van der Waals surface area contributed by atoms with Crippen LogP contribution >= 0.6 is 0 Å². The quantitative estimate of drug-likeness (QED) is 0.782. The largest absolute Gasteiger partial charge is 0.466 e. The first-order valence-electron chi connectivity index (χ1n) is 7.43. The Morgan fingerprint density at radius 1 is 1.25 bits per heavy atom. The van der Waals surface area contributed by atoms with Crippen molar-refractivity contribution in [3.05, 3.63) is 54.3 Å². The summed E-state index contributed by atoms with van der Waals surface area (Å²) >= 11 is 0. The molecule has 1 saturated heterocycles. The van der Waals surface area contributed by atoms with Crippen molar-refractivity contribution in [3.63, 3.8) is 0 Å². The molecular formula is C17H22NO2. The predicted molar refractivity (Wildman–Crippen MR) is 79.4 cm³/mol. The van der Waals surface area contributed by atoms with E-state index in [4.69, 9.17) is 9.47 Å². The molecule has 3 nitrogen and oxygen atoms in total. The summed E-state index contributed by atoms with van der Waals surface area (Å²) in [7, 11) is 0. The Morgan fingerprint density at radius 3 is 2.90 bits per heavy atom. The summed E-state index contributed by atoms with van der Waals surface area (Å²) in [6.45, 7) is 4.43. The third-order valence-corrected chi connectivity index (χ3v) is 4.08. The van der Waals surface area contributed by atoms with Gasteiger partial charge in [-0.3, -0.25) is 4.90 Å². The van der Waals surface area contributed by atoms with Crippen LogP contribution in [0.4, 0.5) is 0 Å². The van der Waals surface area contributed by atoms with E-state index in [9.17, 15) is 0 Å². The maximum absolute atomic E-state index is 5.72. The summed E-state index contributed by atoms with van der Waals surface area (Å²) in [4.78, 5) is 2.51. The minimum absolute atomic E-state index is 0.208. The highest BCUT2D eigenvalue weighted by Crippen LogP contribution is 2.31. The zero-order valence-electron chi connectivity index (χ0n) is 12.0. The molecule has 0 bridgehead atoms. The van der Waals surface area contributed by atoms with Crippen LogP contribution in [0.2, 0.25) is 0 Å². The summed E-state index contributed by atoms with van der Waals surface area (Å²) in [5, 5.41) is 0. The van der Waals surface area contributed by atoms with Crippen molar-refractivity contribution in [1.29, 1.82) is 0 Å². The third-order valence-electron chi connectivity index (χ3n) is 4.08. The van der Waals surface area contributed by atoms with Gasteiger partial charge in [0, 0.05) is 6.54 Å². The lowest BCUT2D eigenvalue weighted by Crippen LogP contribution is -2.44. The van der Waals surface area contributed by atoms with Gasteiger partial charge in [-0.25, -0.2) is 0 Å². The minimum atomic E-state index is 0.208.